The first kappa shape index (κ1) is 11.9. The molecular weight excluding hydrogens is 236 g/mol. The molecule has 0 spiro atoms. The first-order valence-electron chi connectivity index (χ1n) is 5.20. The Kier molecular flexibility index (Phi) is 3.43. The fourth-order valence-corrected chi connectivity index (χ4v) is 1.31. The van der Waals surface area contributed by atoms with Crippen LogP contribution in [-0.2, 0) is 0 Å². The van der Waals surface area contributed by atoms with Crippen LogP contribution in [0.25, 0.3) is 0 Å². The van der Waals surface area contributed by atoms with Gasteiger partial charge in [0.25, 0.3) is 5.95 Å². The molecule has 0 fully saturated rings. The molecule has 0 radical (unpaired) electrons. The summed E-state index contributed by atoms with van der Waals surface area (Å²) < 4.78 is 14.3. The fraction of sp³-hybridized carbons (Fsp3) is 0.0769. The summed E-state index contributed by atoms with van der Waals surface area (Å²) in [6, 6.07) is 11.1. The predicted octanol–water partition coefficient (Wildman–Crippen LogP) is 2.53. The van der Waals surface area contributed by atoms with Crippen LogP contribution in [0.3, 0.4) is 0 Å². The molecule has 18 heavy (non-hydrogen) atoms. The van der Waals surface area contributed by atoms with Crippen molar-refractivity contribution in [1.82, 2.24) is 0 Å². The van der Waals surface area contributed by atoms with Gasteiger partial charge in [-0.2, -0.15) is 0 Å². The normalized spacial score (nSPS) is 9.83. The Balaban J connectivity index is 2.05. The lowest BCUT2D eigenvalue weighted by Crippen LogP contribution is -2.14. The number of carbonyl (C=O) groups excluding carboxylic acids is 1. The Morgan fingerprint density at radius 3 is 2.50 bits per heavy atom. The average Bonchev–Trinajstić information content (AvgIpc) is 2.28. The summed E-state index contributed by atoms with van der Waals surface area (Å²) in [5, 5.41) is 0. The molecule has 0 atom stereocenters. The number of hydrogen-bond acceptors (Lipinski definition) is 5. The number of hydrogen-bond donors (Lipinski definition) is 0. The molecule has 5 nitrogen and oxygen atoms in total. The number of carbonyl (C=O) groups is 1. The summed E-state index contributed by atoms with van der Waals surface area (Å²) in [7, 11) is 0. The van der Waals surface area contributed by atoms with Gasteiger partial charge in [-0.15, -0.1) is 0 Å². The molecule has 0 aliphatic carbocycles. The largest absolute Gasteiger partial charge is 0.521 e. The zero-order valence-electron chi connectivity index (χ0n) is 9.58. The van der Waals surface area contributed by atoms with Crippen LogP contribution in [0.15, 0.2) is 51.7 Å². The Labute approximate surface area is 103 Å². The molecule has 1 aromatic carbocycles. The van der Waals surface area contributed by atoms with E-state index in [2.05, 4.69) is 4.42 Å². The van der Waals surface area contributed by atoms with Crippen molar-refractivity contribution < 1.29 is 18.7 Å². The summed E-state index contributed by atoms with van der Waals surface area (Å²) in [6.45, 7) is 1.69. The van der Waals surface area contributed by atoms with Crippen molar-refractivity contribution in [3.8, 4) is 11.7 Å². The lowest BCUT2D eigenvalue weighted by molar-refractivity contribution is 0.138. The van der Waals surface area contributed by atoms with Gasteiger partial charge in [0.1, 0.15) is 5.75 Å². The van der Waals surface area contributed by atoms with Crippen LogP contribution in [0.1, 0.15) is 5.56 Å². The highest BCUT2D eigenvalue weighted by Gasteiger charge is 2.10. The average molecular weight is 246 g/mol. The second kappa shape index (κ2) is 5.18. The molecule has 0 aliphatic heterocycles. The summed E-state index contributed by atoms with van der Waals surface area (Å²) >= 11 is 0. The van der Waals surface area contributed by atoms with Crippen molar-refractivity contribution in [2.24, 2.45) is 0 Å². The molecule has 0 aliphatic rings. The topological polar surface area (TPSA) is 65.7 Å². The first-order chi connectivity index (χ1) is 8.63. The summed E-state index contributed by atoms with van der Waals surface area (Å²) in [6.07, 6.45) is -0.963. The van der Waals surface area contributed by atoms with E-state index >= 15 is 0 Å². The maximum atomic E-state index is 11.4. The standard InChI is InChI=1S/C13H10O5/c1-9-7-11(14)17-12(8-9)18-13(15)16-10-5-3-2-4-6-10/h2-8H,1H3. The molecule has 1 aromatic heterocycles. The highest BCUT2D eigenvalue weighted by molar-refractivity contribution is 5.66. The van der Waals surface area contributed by atoms with Crippen molar-refractivity contribution in [2.45, 2.75) is 6.92 Å². The second-order valence-electron chi connectivity index (χ2n) is 3.54. The third kappa shape index (κ3) is 3.21. The van der Waals surface area contributed by atoms with Crippen LogP contribution in [0.4, 0.5) is 4.79 Å². The van der Waals surface area contributed by atoms with Gasteiger partial charge in [0, 0.05) is 12.1 Å². The summed E-state index contributed by atoms with van der Waals surface area (Å²) in [4.78, 5) is 22.5. The maximum absolute atomic E-state index is 11.4. The van der Waals surface area contributed by atoms with E-state index in [1.807, 2.05) is 0 Å². The molecule has 0 saturated heterocycles. The molecule has 0 bridgehead atoms. The molecule has 0 saturated carbocycles. The highest BCUT2D eigenvalue weighted by Crippen LogP contribution is 2.13. The zero-order valence-corrected chi connectivity index (χ0v) is 9.58. The minimum atomic E-state index is -0.963. The van der Waals surface area contributed by atoms with Crippen molar-refractivity contribution in [2.75, 3.05) is 0 Å². The molecule has 0 unspecified atom stereocenters. The van der Waals surface area contributed by atoms with Crippen LogP contribution in [-0.4, -0.2) is 6.16 Å². The van der Waals surface area contributed by atoms with Gasteiger partial charge in [0.2, 0.25) is 0 Å². The highest BCUT2D eigenvalue weighted by atomic mass is 16.8. The molecular formula is C13H10O5. The van der Waals surface area contributed by atoms with E-state index in [-0.39, 0.29) is 5.95 Å². The van der Waals surface area contributed by atoms with Gasteiger partial charge in [0.15, 0.2) is 0 Å². The van der Waals surface area contributed by atoms with E-state index in [1.54, 1.807) is 37.3 Å². The van der Waals surface area contributed by atoms with Crippen molar-refractivity contribution in [1.29, 1.82) is 0 Å². The smallest absolute Gasteiger partial charge is 0.395 e. The number of ether oxygens (including phenoxy) is 2. The molecule has 0 N–H and O–H groups in total. The molecule has 2 aromatic rings. The fourth-order valence-electron chi connectivity index (χ4n) is 1.31. The third-order valence-electron chi connectivity index (χ3n) is 2.02. The van der Waals surface area contributed by atoms with Crippen LogP contribution in [0, 0.1) is 6.92 Å². The Morgan fingerprint density at radius 2 is 1.83 bits per heavy atom. The second-order valence-corrected chi connectivity index (χ2v) is 3.54. The van der Waals surface area contributed by atoms with Gasteiger partial charge >= 0.3 is 11.8 Å². The third-order valence-corrected chi connectivity index (χ3v) is 2.02. The Bertz CT molecular complexity index is 600. The number of aryl methyl sites for hydroxylation is 1. The van der Waals surface area contributed by atoms with Crippen LogP contribution < -0.4 is 15.1 Å². The number of rotatable bonds is 2. The lowest BCUT2D eigenvalue weighted by Gasteiger charge is -2.04. The van der Waals surface area contributed by atoms with Crippen LogP contribution in [0.5, 0.6) is 11.7 Å². The van der Waals surface area contributed by atoms with Crippen LogP contribution >= 0.6 is 0 Å². The minimum absolute atomic E-state index is 0.194. The van der Waals surface area contributed by atoms with E-state index in [0.29, 0.717) is 11.3 Å². The number of benzene rings is 1. The first-order valence-corrected chi connectivity index (χ1v) is 5.20. The van der Waals surface area contributed by atoms with Crippen molar-refractivity contribution in [3.63, 3.8) is 0 Å². The molecule has 1 heterocycles. The summed E-state index contributed by atoms with van der Waals surface area (Å²) in [5.74, 6) is 0.151. The Morgan fingerprint density at radius 1 is 1.11 bits per heavy atom. The number of para-hydroxylation sites is 1. The van der Waals surface area contributed by atoms with Gasteiger partial charge in [0.05, 0.1) is 0 Å². The summed E-state index contributed by atoms with van der Waals surface area (Å²) in [5.41, 5.74) is 0.0475. The predicted molar refractivity (Wildman–Crippen MR) is 62.8 cm³/mol. The van der Waals surface area contributed by atoms with E-state index in [4.69, 9.17) is 9.47 Å². The van der Waals surface area contributed by atoms with Gasteiger partial charge < -0.3 is 13.9 Å². The van der Waals surface area contributed by atoms with Gasteiger partial charge in [-0.25, -0.2) is 9.59 Å². The zero-order chi connectivity index (χ0) is 13.0. The van der Waals surface area contributed by atoms with Crippen molar-refractivity contribution >= 4 is 6.16 Å². The molecule has 92 valence electrons. The molecule has 5 heteroatoms. The lowest BCUT2D eigenvalue weighted by atomic mass is 10.3. The SMILES string of the molecule is Cc1cc(OC(=O)Oc2ccccc2)oc(=O)c1. The molecule has 2 rings (SSSR count). The van der Waals surface area contributed by atoms with E-state index in [9.17, 15) is 9.59 Å². The van der Waals surface area contributed by atoms with Crippen molar-refractivity contribution in [3.05, 3.63) is 58.4 Å². The van der Waals surface area contributed by atoms with Gasteiger partial charge in [-0.05, 0) is 24.6 Å². The van der Waals surface area contributed by atoms with Gasteiger partial charge in [-0.3, -0.25) is 0 Å². The maximum Gasteiger partial charge on any atom is 0.521 e. The molecule has 0 amide bonds. The van der Waals surface area contributed by atoms with E-state index in [1.165, 1.54) is 12.1 Å². The monoisotopic (exact) mass is 246 g/mol. The Hall–Kier alpha value is -2.56. The van der Waals surface area contributed by atoms with Gasteiger partial charge in [-0.1, -0.05) is 18.2 Å². The van der Waals surface area contributed by atoms with E-state index in [0.717, 1.165) is 0 Å². The van der Waals surface area contributed by atoms with E-state index < -0.39 is 11.8 Å². The minimum Gasteiger partial charge on any atom is -0.395 e. The van der Waals surface area contributed by atoms with Crippen LogP contribution in [0.2, 0.25) is 0 Å². The quantitative estimate of drug-likeness (QED) is 0.601.